The SMILES string of the molecule is CCCn1cnnc1[C@H]1CCCCN1C(=O)CCc1c(C)noc1C. The first kappa shape index (κ1) is 17.6. The van der Waals surface area contributed by atoms with E-state index in [0.29, 0.717) is 12.8 Å². The highest BCUT2D eigenvalue weighted by molar-refractivity contribution is 5.77. The Morgan fingerprint density at radius 2 is 2.20 bits per heavy atom. The van der Waals surface area contributed by atoms with Crippen molar-refractivity contribution in [2.45, 2.75) is 71.9 Å². The molecule has 1 atom stereocenters. The first-order chi connectivity index (χ1) is 12.1. The lowest BCUT2D eigenvalue weighted by atomic mass is 9.99. The molecule has 0 aromatic carbocycles. The summed E-state index contributed by atoms with van der Waals surface area (Å²) in [6, 6.07) is 0.0416. The molecule has 0 aliphatic carbocycles. The minimum Gasteiger partial charge on any atom is -0.361 e. The van der Waals surface area contributed by atoms with Gasteiger partial charge in [0.15, 0.2) is 5.82 Å². The Hall–Kier alpha value is -2.18. The highest BCUT2D eigenvalue weighted by Gasteiger charge is 2.31. The Bertz CT molecular complexity index is 701. The fraction of sp³-hybridized carbons (Fsp3) is 0.667. The zero-order valence-corrected chi connectivity index (χ0v) is 15.4. The third kappa shape index (κ3) is 3.75. The summed E-state index contributed by atoms with van der Waals surface area (Å²) in [6.07, 6.45) is 7.08. The number of hydrogen-bond donors (Lipinski definition) is 0. The van der Waals surface area contributed by atoms with Gasteiger partial charge in [-0.2, -0.15) is 0 Å². The summed E-state index contributed by atoms with van der Waals surface area (Å²) >= 11 is 0. The summed E-state index contributed by atoms with van der Waals surface area (Å²) < 4.78 is 7.29. The molecule has 1 amide bonds. The van der Waals surface area contributed by atoms with Crippen LogP contribution in [0.4, 0.5) is 0 Å². The van der Waals surface area contributed by atoms with Crippen LogP contribution in [0.2, 0.25) is 0 Å². The molecule has 0 N–H and O–H groups in total. The Labute approximate surface area is 148 Å². The fourth-order valence-electron chi connectivity index (χ4n) is 3.67. The van der Waals surface area contributed by atoms with Crippen LogP contribution in [0.5, 0.6) is 0 Å². The van der Waals surface area contributed by atoms with Gasteiger partial charge < -0.3 is 14.0 Å². The maximum atomic E-state index is 12.9. The van der Waals surface area contributed by atoms with Crippen molar-refractivity contribution in [3.05, 3.63) is 29.2 Å². The van der Waals surface area contributed by atoms with Gasteiger partial charge in [0.25, 0.3) is 0 Å². The van der Waals surface area contributed by atoms with Crippen molar-refractivity contribution < 1.29 is 9.32 Å². The topological polar surface area (TPSA) is 77.1 Å². The van der Waals surface area contributed by atoms with Crippen molar-refractivity contribution in [3.8, 4) is 0 Å². The van der Waals surface area contributed by atoms with Gasteiger partial charge in [-0.25, -0.2) is 0 Å². The van der Waals surface area contributed by atoms with Crippen molar-refractivity contribution in [3.63, 3.8) is 0 Å². The predicted octanol–water partition coefficient (Wildman–Crippen LogP) is 2.98. The zero-order chi connectivity index (χ0) is 17.8. The average Bonchev–Trinajstić information content (AvgIpc) is 3.20. The highest BCUT2D eigenvalue weighted by Crippen LogP contribution is 2.30. The van der Waals surface area contributed by atoms with Crippen LogP contribution in [0.25, 0.3) is 0 Å². The average molecular weight is 345 g/mol. The first-order valence-electron chi connectivity index (χ1n) is 9.20. The van der Waals surface area contributed by atoms with Crippen molar-refractivity contribution in [2.24, 2.45) is 0 Å². The molecule has 7 nitrogen and oxygen atoms in total. The largest absolute Gasteiger partial charge is 0.361 e. The van der Waals surface area contributed by atoms with Gasteiger partial charge in [0.2, 0.25) is 5.91 Å². The molecule has 3 heterocycles. The number of piperidine rings is 1. The number of likely N-dealkylation sites (tertiary alicyclic amines) is 1. The number of hydrogen-bond acceptors (Lipinski definition) is 5. The number of nitrogens with zero attached hydrogens (tertiary/aromatic N) is 5. The van der Waals surface area contributed by atoms with E-state index in [1.165, 1.54) is 0 Å². The summed E-state index contributed by atoms with van der Waals surface area (Å²) in [7, 11) is 0. The molecule has 0 unspecified atom stereocenters. The molecule has 25 heavy (non-hydrogen) atoms. The maximum Gasteiger partial charge on any atom is 0.223 e. The van der Waals surface area contributed by atoms with E-state index in [4.69, 9.17) is 4.52 Å². The first-order valence-corrected chi connectivity index (χ1v) is 9.20. The maximum absolute atomic E-state index is 12.9. The normalized spacial score (nSPS) is 17.9. The summed E-state index contributed by atoms with van der Waals surface area (Å²) in [4.78, 5) is 14.9. The van der Waals surface area contributed by atoms with Crippen LogP contribution in [0.1, 0.15) is 67.9 Å². The Morgan fingerprint density at radius 1 is 1.36 bits per heavy atom. The summed E-state index contributed by atoms with van der Waals surface area (Å²) in [5.41, 5.74) is 1.93. The zero-order valence-electron chi connectivity index (χ0n) is 15.4. The molecule has 136 valence electrons. The number of carbonyl (C=O) groups is 1. The molecule has 0 bridgehead atoms. The second-order valence-electron chi connectivity index (χ2n) is 6.78. The number of aryl methyl sites for hydroxylation is 3. The van der Waals surface area contributed by atoms with Crippen LogP contribution in [-0.2, 0) is 17.8 Å². The second-order valence-corrected chi connectivity index (χ2v) is 6.78. The molecular formula is C18H27N5O2. The van der Waals surface area contributed by atoms with Crippen LogP contribution in [-0.4, -0.2) is 37.3 Å². The number of aromatic nitrogens is 4. The predicted molar refractivity (Wildman–Crippen MR) is 92.9 cm³/mol. The lowest BCUT2D eigenvalue weighted by Crippen LogP contribution is -2.39. The molecule has 3 rings (SSSR count). The van der Waals surface area contributed by atoms with Gasteiger partial charge in [-0.3, -0.25) is 4.79 Å². The molecule has 2 aromatic rings. The van der Waals surface area contributed by atoms with E-state index in [2.05, 4.69) is 26.8 Å². The minimum atomic E-state index is 0.0416. The van der Waals surface area contributed by atoms with E-state index < -0.39 is 0 Å². The van der Waals surface area contributed by atoms with Gasteiger partial charge in [0.05, 0.1) is 11.7 Å². The third-order valence-electron chi connectivity index (χ3n) is 5.00. The van der Waals surface area contributed by atoms with Gasteiger partial charge in [-0.15, -0.1) is 10.2 Å². The number of amides is 1. The smallest absolute Gasteiger partial charge is 0.223 e. The molecule has 1 aliphatic rings. The van der Waals surface area contributed by atoms with E-state index in [9.17, 15) is 4.79 Å². The summed E-state index contributed by atoms with van der Waals surface area (Å²) in [6.45, 7) is 7.64. The summed E-state index contributed by atoms with van der Waals surface area (Å²) in [5.74, 6) is 1.91. The van der Waals surface area contributed by atoms with Gasteiger partial charge >= 0.3 is 0 Å². The third-order valence-corrected chi connectivity index (χ3v) is 5.00. The molecule has 0 radical (unpaired) electrons. The molecule has 1 fully saturated rings. The van der Waals surface area contributed by atoms with E-state index >= 15 is 0 Å². The molecule has 1 saturated heterocycles. The van der Waals surface area contributed by atoms with Crippen LogP contribution < -0.4 is 0 Å². The van der Waals surface area contributed by atoms with E-state index in [0.717, 1.165) is 61.6 Å². The van der Waals surface area contributed by atoms with Crippen molar-refractivity contribution in [2.75, 3.05) is 6.54 Å². The van der Waals surface area contributed by atoms with Gasteiger partial charge in [0, 0.05) is 25.1 Å². The number of rotatable bonds is 6. The lowest BCUT2D eigenvalue weighted by Gasteiger charge is -2.35. The Morgan fingerprint density at radius 3 is 2.92 bits per heavy atom. The molecule has 0 spiro atoms. The minimum absolute atomic E-state index is 0.0416. The lowest BCUT2D eigenvalue weighted by molar-refractivity contribution is -0.135. The van der Waals surface area contributed by atoms with Crippen LogP contribution in [0, 0.1) is 13.8 Å². The monoisotopic (exact) mass is 345 g/mol. The van der Waals surface area contributed by atoms with E-state index in [-0.39, 0.29) is 11.9 Å². The Balaban J connectivity index is 1.72. The molecule has 1 aliphatic heterocycles. The van der Waals surface area contributed by atoms with Gasteiger partial charge in [-0.05, 0) is 46.0 Å². The molecule has 0 saturated carbocycles. The highest BCUT2D eigenvalue weighted by atomic mass is 16.5. The van der Waals surface area contributed by atoms with E-state index in [1.54, 1.807) is 6.33 Å². The van der Waals surface area contributed by atoms with Crippen molar-refractivity contribution in [1.29, 1.82) is 0 Å². The number of carbonyl (C=O) groups excluding carboxylic acids is 1. The molecule has 2 aromatic heterocycles. The standard InChI is InChI=1S/C18H27N5O2/c1-4-10-22-12-19-20-18(22)16-7-5-6-11-23(16)17(24)9-8-15-13(2)21-25-14(15)3/h12,16H,4-11H2,1-3H3/t16-/m1/s1. The van der Waals surface area contributed by atoms with Gasteiger partial charge in [-0.1, -0.05) is 12.1 Å². The van der Waals surface area contributed by atoms with Crippen LogP contribution in [0.3, 0.4) is 0 Å². The second kappa shape index (κ2) is 7.80. The van der Waals surface area contributed by atoms with E-state index in [1.807, 2.05) is 18.7 Å². The summed E-state index contributed by atoms with van der Waals surface area (Å²) in [5, 5.41) is 12.4. The quantitative estimate of drug-likeness (QED) is 0.804. The molecule has 7 heteroatoms. The van der Waals surface area contributed by atoms with Crippen LogP contribution in [0.15, 0.2) is 10.9 Å². The van der Waals surface area contributed by atoms with Gasteiger partial charge in [0.1, 0.15) is 12.1 Å². The van der Waals surface area contributed by atoms with Crippen molar-refractivity contribution >= 4 is 5.91 Å². The van der Waals surface area contributed by atoms with Crippen molar-refractivity contribution in [1.82, 2.24) is 24.8 Å². The fourth-order valence-corrected chi connectivity index (χ4v) is 3.67. The molecular weight excluding hydrogens is 318 g/mol. The Kier molecular flexibility index (Phi) is 5.50. The van der Waals surface area contributed by atoms with Crippen LogP contribution >= 0.6 is 0 Å².